The lowest BCUT2D eigenvalue weighted by atomic mass is 9.97. The molecule has 0 unspecified atom stereocenters. The van der Waals surface area contributed by atoms with E-state index in [1.54, 1.807) is 13.8 Å². The molecular formula is C20H33N3O4S. The van der Waals surface area contributed by atoms with Crippen LogP contribution in [0, 0.1) is 5.92 Å². The Morgan fingerprint density at radius 3 is 2.54 bits per heavy atom. The summed E-state index contributed by atoms with van der Waals surface area (Å²) in [6, 6.07) is 7.05. The van der Waals surface area contributed by atoms with Crippen molar-refractivity contribution < 1.29 is 17.9 Å². The van der Waals surface area contributed by atoms with Crippen molar-refractivity contribution in [1.29, 1.82) is 0 Å². The number of nitrogens with one attached hydrogen (secondary N) is 2. The fraction of sp³-hybridized carbons (Fsp3) is 0.650. The number of nitrogens with zero attached hydrogens (tertiary/aromatic N) is 1. The van der Waals surface area contributed by atoms with Gasteiger partial charge < -0.3 is 10.1 Å². The first-order valence-corrected chi connectivity index (χ1v) is 11.5. The zero-order chi connectivity index (χ0) is 20.7. The SMILES string of the molecule is CCOc1ccc(NC(=O)[C@@H](C)N2CCC[C@H](CNS(=O)(=O)C(C)C)C2)cc1. The van der Waals surface area contributed by atoms with Crippen molar-refractivity contribution in [2.24, 2.45) is 5.92 Å². The van der Waals surface area contributed by atoms with Crippen molar-refractivity contribution in [3.8, 4) is 5.75 Å². The minimum atomic E-state index is -3.26. The van der Waals surface area contributed by atoms with Gasteiger partial charge >= 0.3 is 0 Å². The fourth-order valence-corrected chi connectivity index (χ4v) is 4.03. The van der Waals surface area contributed by atoms with Crippen LogP contribution in [0.2, 0.25) is 0 Å². The van der Waals surface area contributed by atoms with Crippen molar-refractivity contribution >= 4 is 21.6 Å². The highest BCUT2D eigenvalue weighted by Gasteiger charge is 2.28. The smallest absolute Gasteiger partial charge is 0.241 e. The molecule has 158 valence electrons. The summed E-state index contributed by atoms with van der Waals surface area (Å²) in [6.07, 6.45) is 1.92. The third kappa shape index (κ3) is 6.46. The maximum atomic E-state index is 12.6. The summed E-state index contributed by atoms with van der Waals surface area (Å²) in [5.74, 6) is 0.923. The topological polar surface area (TPSA) is 87.7 Å². The number of hydrogen-bond donors (Lipinski definition) is 2. The zero-order valence-electron chi connectivity index (χ0n) is 17.3. The van der Waals surface area contributed by atoms with Crippen LogP contribution < -0.4 is 14.8 Å². The molecule has 7 nitrogen and oxygen atoms in total. The molecule has 1 aliphatic rings. The number of rotatable bonds is 9. The number of likely N-dealkylation sites (tertiary alicyclic amines) is 1. The van der Waals surface area contributed by atoms with E-state index in [1.165, 1.54) is 0 Å². The van der Waals surface area contributed by atoms with Crippen molar-refractivity contribution in [1.82, 2.24) is 9.62 Å². The lowest BCUT2D eigenvalue weighted by Gasteiger charge is -2.36. The average Bonchev–Trinajstić information content (AvgIpc) is 2.67. The number of sulfonamides is 1. The van der Waals surface area contributed by atoms with E-state index < -0.39 is 15.3 Å². The molecule has 2 rings (SSSR count). The van der Waals surface area contributed by atoms with Crippen molar-refractivity contribution in [3.05, 3.63) is 24.3 Å². The van der Waals surface area contributed by atoms with Gasteiger partial charge in [-0.25, -0.2) is 13.1 Å². The number of amides is 1. The summed E-state index contributed by atoms with van der Waals surface area (Å²) >= 11 is 0. The minimum Gasteiger partial charge on any atom is -0.494 e. The standard InChI is InChI=1S/C20H33N3O4S/c1-5-27-19-10-8-18(9-11-19)22-20(24)16(4)23-12-6-7-17(14-23)13-21-28(25,26)15(2)3/h8-11,15-17,21H,5-7,12-14H2,1-4H3,(H,22,24)/t16-,17-/m1/s1. The van der Waals surface area contributed by atoms with E-state index in [9.17, 15) is 13.2 Å². The molecule has 0 aliphatic carbocycles. The Morgan fingerprint density at radius 2 is 1.93 bits per heavy atom. The maximum Gasteiger partial charge on any atom is 0.241 e. The molecule has 0 saturated carbocycles. The maximum absolute atomic E-state index is 12.6. The van der Waals surface area contributed by atoms with Crippen LogP contribution in [0.15, 0.2) is 24.3 Å². The summed E-state index contributed by atoms with van der Waals surface area (Å²) in [6.45, 7) is 9.73. The van der Waals surface area contributed by atoms with E-state index >= 15 is 0 Å². The second kappa shape index (κ2) is 10.2. The Labute approximate surface area is 168 Å². The summed E-state index contributed by atoms with van der Waals surface area (Å²) in [4.78, 5) is 14.8. The second-order valence-electron chi connectivity index (χ2n) is 7.57. The third-order valence-corrected chi connectivity index (χ3v) is 6.91. The Balaban J connectivity index is 1.88. The number of ether oxygens (including phenoxy) is 1. The number of carbonyl (C=O) groups excluding carboxylic acids is 1. The van der Waals surface area contributed by atoms with Crippen LogP contribution in [0.1, 0.15) is 40.5 Å². The van der Waals surface area contributed by atoms with Gasteiger partial charge in [0, 0.05) is 18.8 Å². The lowest BCUT2D eigenvalue weighted by Crippen LogP contribution is -2.49. The number of carbonyl (C=O) groups is 1. The van der Waals surface area contributed by atoms with Gasteiger partial charge in [-0.2, -0.15) is 0 Å². The highest BCUT2D eigenvalue weighted by Crippen LogP contribution is 2.20. The number of benzene rings is 1. The molecule has 1 aromatic carbocycles. The molecule has 8 heteroatoms. The van der Waals surface area contributed by atoms with Gasteiger partial charge in [0.1, 0.15) is 5.75 Å². The molecule has 0 radical (unpaired) electrons. The summed E-state index contributed by atoms with van der Waals surface area (Å²) in [5.41, 5.74) is 0.735. The van der Waals surface area contributed by atoms with Crippen molar-refractivity contribution in [2.45, 2.75) is 51.8 Å². The third-order valence-electron chi connectivity index (χ3n) is 5.10. The Kier molecular flexibility index (Phi) is 8.27. The van der Waals surface area contributed by atoms with E-state index in [0.29, 0.717) is 19.7 Å². The van der Waals surface area contributed by atoms with Crippen LogP contribution in [0.4, 0.5) is 5.69 Å². The molecule has 1 fully saturated rings. The van der Waals surface area contributed by atoms with Crippen LogP contribution in [0.3, 0.4) is 0 Å². The van der Waals surface area contributed by atoms with E-state index in [-0.39, 0.29) is 17.9 Å². The van der Waals surface area contributed by atoms with E-state index in [2.05, 4.69) is 14.9 Å². The van der Waals surface area contributed by atoms with Gasteiger partial charge in [-0.3, -0.25) is 9.69 Å². The highest BCUT2D eigenvalue weighted by molar-refractivity contribution is 7.90. The first-order valence-electron chi connectivity index (χ1n) is 9.99. The summed E-state index contributed by atoms with van der Waals surface area (Å²) in [5, 5.41) is 2.51. The first kappa shape index (κ1) is 22.6. The molecule has 1 aliphatic heterocycles. The van der Waals surface area contributed by atoms with E-state index in [0.717, 1.165) is 30.8 Å². The molecule has 0 aromatic heterocycles. The Hall–Kier alpha value is -1.64. The van der Waals surface area contributed by atoms with Gasteiger partial charge in [0.15, 0.2) is 0 Å². The van der Waals surface area contributed by atoms with Gasteiger partial charge in [0.05, 0.1) is 17.9 Å². The average molecular weight is 412 g/mol. The predicted molar refractivity (Wildman–Crippen MR) is 112 cm³/mol. The molecule has 1 saturated heterocycles. The first-order chi connectivity index (χ1) is 13.2. The molecule has 1 heterocycles. The van der Waals surface area contributed by atoms with Crippen LogP contribution in [-0.4, -0.2) is 56.8 Å². The van der Waals surface area contributed by atoms with Crippen molar-refractivity contribution in [3.63, 3.8) is 0 Å². The normalized spacial score (nSPS) is 19.4. The predicted octanol–water partition coefficient (Wildman–Crippen LogP) is 2.45. The van der Waals surface area contributed by atoms with Gasteiger partial charge in [0.2, 0.25) is 15.9 Å². The van der Waals surface area contributed by atoms with Crippen LogP contribution in [-0.2, 0) is 14.8 Å². The van der Waals surface area contributed by atoms with Gasteiger partial charge in [-0.1, -0.05) is 0 Å². The zero-order valence-corrected chi connectivity index (χ0v) is 18.1. The van der Waals surface area contributed by atoms with Gasteiger partial charge in [-0.15, -0.1) is 0 Å². The molecule has 2 atom stereocenters. The van der Waals surface area contributed by atoms with Gasteiger partial charge in [0.25, 0.3) is 0 Å². The van der Waals surface area contributed by atoms with E-state index in [1.807, 2.05) is 38.1 Å². The summed E-state index contributed by atoms with van der Waals surface area (Å²) < 4.78 is 32.1. The monoisotopic (exact) mass is 411 g/mol. The van der Waals surface area contributed by atoms with Crippen LogP contribution in [0.25, 0.3) is 0 Å². The quantitative estimate of drug-likeness (QED) is 0.652. The largest absolute Gasteiger partial charge is 0.494 e. The van der Waals surface area contributed by atoms with Crippen LogP contribution >= 0.6 is 0 Å². The summed E-state index contributed by atoms with van der Waals surface area (Å²) in [7, 11) is -3.26. The molecule has 28 heavy (non-hydrogen) atoms. The molecule has 0 bridgehead atoms. The van der Waals surface area contributed by atoms with E-state index in [4.69, 9.17) is 4.74 Å². The van der Waals surface area contributed by atoms with Crippen LogP contribution in [0.5, 0.6) is 5.75 Å². The molecular weight excluding hydrogens is 378 g/mol. The molecule has 1 amide bonds. The fourth-order valence-electron chi connectivity index (χ4n) is 3.23. The Bertz CT molecular complexity index is 734. The molecule has 1 aromatic rings. The van der Waals surface area contributed by atoms with Crippen molar-refractivity contribution in [2.75, 3.05) is 31.6 Å². The second-order valence-corrected chi connectivity index (χ2v) is 9.89. The Morgan fingerprint density at radius 1 is 1.25 bits per heavy atom. The minimum absolute atomic E-state index is 0.0624. The number of anilines is 1. The lowest BCUT2D eigenvalue weighted by molar-refractivity contribution is -0.121. The number of hydrogen-bond acceptors (Lipinski definition) is 5. The highest BCUT2D eigenvalue weighted by atomic mass is 32.2. The number of piperidine rings is 1. The molecule has 0 spiro atoms. The molecule has 2 N–H and O–H groups in total. The van der Waals surface area contributed by atoms with Gasteiger partial charge in [-0.05, 0) is 77.3 Å².